The number of nitriles is 3. The highest BCUT2D eigenvalue weighted by atomic mass is 16.2. The van der Waals surface area contributed by atoms with E-state index in [-0.39, 0.29) is 34.3 Å². The molecule has 12 rings (SSSR count). The summed E-state index contributed by atoms with van der Waals surface area (Å²) in [5, 5.41) is 47.9. The first kappa shape index (κ1) is 52.0. The number of carbonyl (C=O) groups is 3. The van der Waals surface area contributed by atoms with E-state index in [9.17, 15) is 30.2 Å². The van der Waals surface area contributed by atoms with Gasteiger partial charge >= 0.3 is 0 Å². The quantitative estimate of drug-likeness (QED) is 0.0753. The van der Waals surface area contributed by atoms with Crippen LogP contribution in [0, 0.1) is 54.8 Å². The van der Waals surface area contributed by atoms with Crippen LogP contribution in [0.15, 0.2) is 55.4 Å². The predicted molar refractivity (Wildman–Crippen MR) is 294 cm³/mol. The van der Waals surface area contributed by atoms with E-state index in [4.69, 9.17) is 17.2 Å². The minimum Gasteiger partial charge on any atom is -0.383 e. The van der Waals surface area contributed by atoms with Crippen molar-refractivity contribution >= 4 is 69.7 Å². The van der Waals surface area contributed by atoms with Crippen LogP contribution in [0.3, 0.4) is 0 Å². The number of anilines is 9. The molecule has 0 saturated heterocycles. The lowest BCUT2D eigenvalue weighted by Gasteiger charge is -2.34. The Morgan fingerprint density at radius 1 is 0.423 bits per heavy atom. The van der Waals surface area contributed by atoms with Gasteiger partial charge in [-0.3, -0.25) is 14.4 Å². The third-order valence-corrected chi connectivity index (χ3v) is 16.3. The molecule has 12 N–H and O–H groups in total. The van der Waals surface area contributed by atoms with Crippen molar-refractivity contribution in [3.05, 3.63) is 122 Å². The second-order valence-corrected chi connectivity index (χ2v) is 21.0. The number of rotatable bonds is 6. The fourth-order valence-electron chi connectivity index (χ4n) is 12.1. The fraction of sp³-hybridized carbons (Fsp3) is 0.368. The Hall–Kier alpha value is -9.42. The van der Waals surface area contributed by atoms with Gasteiger partial charge in [-0.05, 0) is 112 Å². The lowest BCUT2D eigenvalue weighted by molar-refractivity contribution is 0.0900. The summed E-state index contributed by atoms with van der Waals surface area (Å²) < 4.78 is 0. The first-order valence-electron chi connectivity index (χ1n) is 26.4. The molecule has 3 aromatic carbocycles. The number of benzene rings is 3. The van der Waals surface area contributed by atoms with Gasteiger partial charge in [0.1, 0.15) is 72.1 Å². The molecule has 3 aromatic heterocycles. The Morgan fingerprint density at radius 2 is 0.679 bits per heavy atom. The maximum atomic E-state index is 12.6. The summed E-state index contributed by atoms with van der Waals surface area (Å²) in [6.45, 7) is 5.51. The number of nitrogens with zero attached hydrogens (tertiary/aromatic N) is 9. The fourth-order valence-corrected chi connectivity index (χ4v) is 12.1. The van der Waals surface area contributed by atoms with Crippen molar-refractivity contribution in [1.82, 2.24) is 45.9 Å². The zero-order valence-electron chi connectivity index (χ0n) is 43.8. The molecule has 6 aliphatic rings. The van der Waals surface area contributed by atoms with Gasteiger partial charge in [-0.1, -0.05) is 57.8 Å². The van der Waals surface area contributed by atoms with E-state index in [1.165, 1.54) is 38.2 Å². The van der Waals surface area contributed by atoms with Crippen molar-refractivity contribution in [3.8, 4) is 18.2 Å². The first-order valence-corrected chi connectivity index (χ1v) is 26.4. The van der Waals surface area contributed by atoms with Crippen LogP contribution in [0.4, 0.5) is 52.0 Å². The van der Waals surface area contributed by atoms with Crippen molar-refractivity contribution in [1.29, 1.82) is 15.8 Å². The third kappa shape index (κ3) is 9.50. The molecule has 0 bridgehead atoms. The molecule has 3 aliphatic heterocycles. The highest BCUT2D eigenvalue weighted by Crippen LogP contribution is 2.48. The number of amides is 3. The molecule has 396 valence electrons. The van der Waals surface area contributed by atoms with Crippen LogP contribution in [0.1, 0.15) is 177 Å². The van der Waals surface area contributed by atoms with Crippen molar-refractivity contribution in [2.24, 2.45) is 0 Å². The normalized spacial score (nSPS) is 17.5. The van der Waals surface area contributed by atoms with Gasteiger partial charge in [-0.2, -0.15) is 15.8 Å². The average Bonchev–Trinajstić information content (AvgIpc) is 4.11. The molecule has 3 aliphatic carbocycles. The number of aromatic nitrogens is 6. The number of hydrogen-bond acceptors (Lipinski definition) is 18. The lowest BCUT2D eigenvalue weighted by Crippen LogP contribution is -2.40. The van der Waals surface area contributed by atoms with Crippen molar-refractivity contribution in [3.63, 3.8) is 0 Å². The number of nitrogen functional groups attached to an aromatic ring is 3. The molecule has 0 unspecified atom stereocenters. The molecule has 21 heteroatoms. The van der Waals surface area contributed by atoms with Crippen LogP contribution in [-0.4, -0.2) is 47.6 Å². The van der Waals surface area contributed by atoms with E-state index < -0.39 is 0 Å². The molecule has 3 fully saturated rings. The molecule has 21 nitrogen and oxygen atoms in total. The van der Waals surface area contributed by atoms with Gasteiger partial charge in [0.15, 0.2) is 0 Å². The average molecular weight is 1050 g/mol. The minimum absolute atomic E-state index is 0.146. The number of fused-ring (bicyclic) bond motifs is 6. The number of nitrogens with two attached hydrogens (primary N) is 3. The summed E-state index contributed by atoms with van der Waals surface area (Å²) in [4.78, 5) is 62.3. The Bertz CT molecular complexity index is 3190. The van der Waals surface area contributed by atoms with E-state index in [0.29, 0.717) is 68.3 Å². The Kier molecular flexibility index (Phi) is 14.0. The topological polar surface area (TPSA) is 350 Å². The van der Waals surface area contributed by atoms with Gasteiger partial charge in [-0.25, -0.2) is 29.9 Å². The summed E-state index contributed by atoms with van der Waals surface area (Å²) in [6, 6.07) is 17.5. The van der Waals surface area contributed by atoms with Crippen LogP contribution >= 0.6 is 0 Å². The molecule has 3 amide bonds. The summed E-state index contributed by atoms with van der Waals surface area (Å²) in [5.74, 6) is 2.57. The smallest absolute Gasteiger partial charge is 0.253 e. The number of hydrogen-bond donors (Lipinski definition) is 9. The molecule has 3 spiro atoms. The summed E-state index contributed by atoms with van der Waals surface area (Å²) in [5.41, 5.74) is 26.3. The molecule has 6 aromatic rings. The van der Waals surface area contributed by atoms with Gasteiger partial charge in [0.25, 0.3) is 17.7 Å². The van der Waals surface area contributed by atoms with Gasteiger partial charge in [0, 0.05) is 33.8 Å². The van der Waals surface area contributed by atoms with Crippen molar-refractivity contribution in [2.75, 3.05) is 33.2 Å². The summed E-state index contributed by atoms with van der Waals surface area (Å²) in [7, 11) is 0. The zero-order chi connectivity index (χ0) is 54.9. The van der Waals surface area contributed by atoms with Crippen LogP contribution < -0.4 is 49.1 Å². The molecule has 0 atom stereocenters. The molecule has 0 radical (unpaired) electrons. The lowest BCUT2D eigenvalue weighted by atomic mass is 9.77. The highest BCUT2D eigenvalue weighted by molar-refractivity contribution is 6.04. The Morgan fingerprint density at radius 3 is 0.923 bits per heavy atom. The van der Waals surface area contributed by atoms with E-state index >= 15 is 0 Å². The monoisotopic (exact) mass is 1040 g/mol. The Labute approximate surface area is 451 Å². The van der Waals surface area contributed by atoms with Crippen molar-refractivity contribution in [2.45, 2.75) is 134 Å². The predicted octanol–water partition coefficient (Wildman–Crippen LogP) is 8.66. The molecular formula is C57H60N18O3. The first-order chi connectivity index (χ1) is 37.6. The Balaban J connectivity index is 0.000000132. The van der Waals surface area contributed by atoms with E-state index in [2.05, 4.69) is 80.0 Å². The molecule has 3 saturated carbocycles. The largest absolute Gasteiger partial charge is 0.383 e. The summed E-state index contributed by atoms with van der Waals surface area (Å²) in [6.07, 6.45) is 19.6. The van der Waals surface area contributed by atoms with Crippen LogP contribution in [0.5, 0.6) is 0 Å². The molecule has 78 heavy (non-hydrogen) atoms. The summed E-state index contributed by atoms with van der Waals surface area (Å²) >= 11 is 0. The van der Waals surface area contributed by atoms with E-state index in [1.807, 2.05) is 39.0 Å². The number of carbonyl (C=O) groups excluding carboxylic acids is 3. The second-order valence-electron chi connectivity index (χ2n) is 21.0. The molecule has 6 heterocycles. The second kappa shape index (κ2) is 21.0. The molecular weight excluding hydrogens is 985 g/mol. The zero-order valence-corrected chi connectivity index (χ0v) is 43.8. The van der Waals surface area contributed by atoms with Crippen LogP contribution in [-0.2, 0) is 16.6 Å². The highest BCUT2D eigenvalue weighted by Gasteiger charge is 2.47. The standard InChI is InChI=1S/3C19H20N6O/c3*1-11-16(21)22-10-23-17(11)24-13-7-12(9-20)15-14(8-13)19(25-18(15)26)5-3-2-4-6-19/h3*7-8,10H,2-6H2,1H3,(H,25,26)(H3,21,22,23,24). The van der Waals surface area contributed by atoms with Gasteiger partial charge in [0.2, 0.25) is 0 Å². The SMILES string of the molecule is Cc1c(N)ncnc1Nc1cc(C#N)c2c(c1)C1(CCCCC1)NC2=O.Cc1c(N)ncnc1Nc1cc(C#N)c2c(c1)C1(CCCCC1)NC2=O.Cc1c(N)ncnc1Nc1cc(C#N)c2c(c1)C1(CCCCC1)NC2=O. The van der Waals surface area contributed by atoms with Gasteiger partial charge < -0.3 is 49.1 Å². The van der Waals surface area contributed by atoms with Gasteiger partial charge in [-0.15, -0.1) is 0 Å². The number of nitrogens with one attached hydrogen (secondary N) is 6. The maximum absolute atomic E-state index is 12.6. The maximum Gasteiger partial charge on any atom is 0.253 e. The minimum atomic E-state index is -0.353. The van der Waals surface area contributed by atoms with E-state index in [1.54, 1.807) is 18.2 Å². The van der Waals surface area contributed by atoms with Crippen LogP contribution in [0.2, 0.25) is 0 Å². The van der Waals surface area contributed by atoms with Gasteiger partial charge in [0.05, 0.1) is 50.0 Å². The van der Waals surface area contributed by atoms with E-state index in [0.717, 1.165) is 127 Å². The van der Waals surface area contributed by atoms with Crippen molar-refractivity contribution < 1.29 is 14.4 Å². The van der Waals surface area contributed by atoms with Crippen LogP contribution in [0.25, 0.3) is 0 Å². The third-order valence-electron chi connectivity index (χ3n) is 16.3.